The van der Waals surface area contributed by atoms with Gasteiger partial charge in [0.25, 0.3) is 5.91 Å². The molecular weight excluding hydrogens is 300 g/mol. The molecule has 0 saturated heterocycles. The first-order valence-electron chi connectivity index (χ1n) is 7.17. The van der Waals surface area contributed by atoms with Crippen LogP contribution < -0.4 is 4.74 Å². The summed E-state index contributed by atoms with van der Waals surface area (Å²) in [6, 6.07) is 9.03. The number of hydrogen-bond acceptors (Lipinski definition) is 3. The minimum Gasteiger partial charge on any atom is -0.495 e. The minimum absolute atomic E-state index is 0.0268. The van der Waals surface area contributed by atoms with E-state index >= 15 is 0 Å². The van der Waals surface area contributed by atoms with Crippen molar-refractivity contribution in [2.75, 3.05) is 20.2 Å². The van der Waals surface area contributed by atoms with Crippen LogP contribution in [0, 0.1) is 0 Å². The zero-order valence-electron chi connectivity index (χ0n) is 12.8. The first-order chi connectivity index (χ1) is 10.7. The summed E-state index contributed by atoms with van der Waals surface area (Å²) in [6.45, 7) is 3.27. The maximum atomic E-state index is 12.6. The fourth-order valence-electron chi connectivity index (χ4n) is 2.20. The molecule has 1 aromatic carbocycles. The van der Waals surface area contributed by atoms with Gasteiger partial charge in [0.15, 0.2) is 0 Å². The van der Waals surface area contributed by atoms with Gasteiger partial charge < -0.3 is 9.64 Å². The molecule has 22 heavy (non-hydrogen) atoms. The van der Waals surface area contributed by atoms with E-state index in [4.69, 9.17) is 16.3 Å². The number of amides is 1. The van der Waals surface area contributed by atoms with Crippen molar-refractivity contribution in [2.24, 2.45) is 0 Å². The second-order valence-electron chi connectivity index (χ2n) is 4.84. The van der Waals surface area contributed by atoms with E-state index in [1.807, 2.05) is 19.1 Å². The highest BCUT2D eigenvalue weighted by Crippen LogP contribution is 2.25. The number of halogens is 1. The maximum absolute atomic E-state index is 12.6. The van der Waals surface area contributed by atoms with Crippen LogP contribution in [0.1, 0.15) is 22.8 Å². The molecule has 2 rings (SSSR count). The lowest BCUT2D eigenvalue weighted by Crippen LogP contribution is -2.32. The Kier molecular flexibility index (Phi) is 5.78. The standard InChI is InChI=1S/C17H19ClN2O2/c1-3-20(11-8-13-6-9-19-10-7-13)17(21)14-4-5-16(22-2)15(18)12-14/h4-7,9-10,12H,3,8,11H2,1-2H3. The number of methoxy groups -OCH3 is 1. The van der Waals surface area contributed by atoms with Gasteiger partial charge >= 0.3 is 0 Å². The number of nitrogens with zero attached hydrogens (tertiary/aromatic N) is 2. The fraction of sp³-hybridized carbons (Fsp3) is 0.294. The lowest BCUT2D eigenvalue weighted by Gasteiger charge is -2.21. The molecule has 116 valence electrons. The lowest BCUT2D eigenvalue weighted by molar-refractivity contribution is 0.0766. The Bertz CT molecular complexity index is 632. The summed E-state index contributed by atoms with van der Waals surface area (Å²) < 4.78 is 5.11. The van der Waals surface area contributed by atoms with Crippen molar-refractivity contribution in [3.63, 3.8) is 0 Å². The molecule has 1 heterocycles. The molecule has 0 saturated carbocycles. The van der Waals surface area contributed by atoms with Crippen LogP contribution in [-0.2, 0) is 6.42 Å². The highest BCUT2D eigenvalue weighted by atomic mass is 35.5. The van der Waals surface area contributed by atoms with Crippen molar-refractivity contribution in [1.82, 2.24) is 9.88 Å². The molecular formula is C17H19ClN2O2. The van der Waals surface area contributed by atoms with Gasteiger partial charge in [-0.15, -0.1) is 0 Å². The van der Waals surface area contributed by atoms with E-state index in [1.54, 1.807) is 42.6 Å². The van der Waals surface area contributed by atoms with Crippen LogP contribution in [0.4, 0.5) is 0 Å². The van der Waals surface area contributed by atoms with Gasteiger partial charge in [-0.25, -0.2) is 0 Å². The summed E-state index contributed by atoms with van der Waals surface area (Å²) in [5.74, 6) is 0.541. The smallest absolute Gasteiger partial charge is 0.253 e. The number of benzene rings is 1. The second kappa shape index (κ2) is 7.80. The Morgan fingerprint density at radius 2 is 2.00 bits per heavy atom. The zero-order chi connectivity index (χ0) is 15.9. The average molecular weight is 319 g/mol. The van der Waals surface area contributed by atoms with E-state index in [0.717, 1.165) is 12.0 Å². The third kappa shape index (κ3) is 3.98. The first-order valence-corrected chi connectivity index (χ1v) is 7.55. The predicted octanol–water partition coefficient (Wildman–Crippen LogP) is 3.45. The zero-order valence-corrected chi connectivity index (χ0v) is 13.5. The van der Waals surface area contributed by atoms with Gasteiger partial charge in [0.05, 0.1) is 12.1 Å². The van der Waals surface area contributed by atoms with Crippen LogP contribution >= 0.6 is 11.6 Å². The summed E-state index contributed by atoms with van der Waals surface area (Å²) in [5.41, 5.74) is 1.73. The summed E-state index contributed by atoms with van der Waals surface area (Å²) in [7, 11) is 1.55. The van der Waals surface area contributed by atoms with Gasteiger partial charge in [0, 0.05) is 31.0 Å². The van der Waals surface area contributed by atoms with Crippen LogP contribution in [0.5, 0.6) is 5.75 Å². The molecule has 0 aliphatic heterocycles. The minimum atomic E-state index is -0.0268. The third-order valence-electron chi connectivity index (χ3n) is 3.49. The Morgan fingerprint density at radius 1 is 1.27 bits per heavy atom. The van der Waals surface area contributed by atoms with Crippen molar-refractivity contribution in [2.45, 2.75) is 13.3 Å². The van der Waals surface area contributed by atoms with Gasteiger partial charge in [-0.05, 0) is 49.2 Å². The fourth-order valence-corrected chi connectivity index (χ4v) is 2.46. The Balaban J connectivity index is 2.06. The third-order valence-corrected chi connectivity index (χ3v) is 3.78. The Labute approximate surface area is 135 Å². The molecule has 0 spiro atoms. The molecule has 0 aliphatic rings. The van der Waals surface area contributed by atoms with Gasteiger partial charge in [-0.2, -0.15) is 0 Å². The van der Waals surface area contributed by atoms with E-state index in [0.29, 0.717) is 29.4 Å². The second-order valence-corrected chi connectivity index (χ2v) is 5.25. The summed E-state index contributed by atoms with van der Waals surface area (Å²) in [6.07, 6.45) is 4.32. The van der Waals surface area contributed by atoms with Crippen molar-refractivity contribution < 1.29 is 9.53 Å². The van der Waals surface area contributed by atoms with E-state index in [-0.39, 0.29) is 5.91 Å². The lowest BCUT2D eigenvalue weighted by atomic mass is 10.1. The van der Waals surface area contributed by atoms with Crippen LogP contribution in [0.15, 0.2) is 42.7 Å². The van der Waals surface area contributed by atoms with E-state index in [9.17, 15) is 4.79 Å². The Hall–Kier alpha value is -2.07. The Morgan fingerprint density at radius 3 is 2.59 bits per heavy atom. The van der Waals surface area contributed by atoms with Crippen LogP contribution in [0.3, 0.4) is 0 Å². The van der Waals surface area contributed by atoms with E-state index < -0.39 is 0 Å². The number of carbonyl (C=O) groups is 1. The first kappa shape index (κ1) is 16.3. The number of aromatic nitrogens is 1. The number of rotatable bonds is 6. The predicted molar refractivity (Wildman–Crippen MR) is 87.5 cm³/mol. The molecule has 0 atom stereocenters. The van der Waals surface area contributed by atoms with Gasteiger partial charge in [0.1, 0.15) is 5.75 Å². The molecule has 0 N–H and O–H groups in total. The normalized spacial score (nSPS) is 10.3. The highest BCUT2D eigenvalue weighted by Gasteiger charge is 2.15. The number of likely N-dealkylation sites (N-methyl/N-ethyl adjacent to an activating group) is 1. The molecule has 4 nitrogen and oxygen atoms in total. The quantitative estimate of drug-likeness (QED) is 0.819. The summed E-state index contributed by atoms with van der Waals surface area (Å²) in [4.78, 5) is 18.4. The summed E-state index contributed by atoms with van der Waals surface area (Å²) in [5, 5.41) is 0.443. The van der Waals surface area contributed by atoms with Crippen LogP contribution in [0.25, 0.3) is 0 Å². The molecule has 2 aromatic rings. The number of ether oxygens (including phenoxy) is 1. The monoisotopic (exact) mass is 318 g/mol. The summed E-state index contributed by atoms with van der Waals surface area (Å²) >= 11 is 6.09. The van der Waals surface area contributed by atoms with E-state index in [2.05, 4.69) is 4.98 Å². The van der Waals surface area contributed by atoms with Crippen molar-refractivity contribution >= 4 is 17.5 Å². The highest BCUT2D eigenvalue weighted by molar-refractivity contribution is 6.32. The number of pyridine rings is 1. The van der Waals surface area contributed by atoms with Crippen LogP contribution in [0.2, 0.25) is 5.02 Å². The molecule has 0 radical (unpaired) electrons. The molecule has 0 fully saturated rings. The van der Waals surface area contributed by atoms with Crippen molar-refractivity contribution in [3.05, 3.63) is 58.9 Å². The van der Waals surface area contributed by atoms with Crippen LogP contribution in [-0.4, -0.2) is 36.0 Å². The van der Waals surface area contributed by atoms with Crippen molar-refractivity contribution in [1.29, 1.82) is 0 Å². The topological polar surface area (TPSA) is 42.4 Å². The molecule has 1 aromatic heterocycles. The molecule has 5 heteroatoms. The molecule has 0 aliphatic carbocycles. The van der Waals surface area contributed by atoms with Crippen molar-refractivity contribution in [3.8, 4) is 5.75 Å². The molecule has 1 amide bonds. The SMILES string of the molecule is CCN(CCc1ccncc1)C(=O)c1ccc(OC)c(Cl)c1. The van der Waals surface area contributed by atoms with Gasteiger partial charge in [-0.1, -0.05) is 11.6 Å². The van der Waals surface area contributed by atoms with Gasteiger partial charge in [-0.3, -0.25) is 9.78 Å². The molecule has 0 unspecified atom stereocenters. The average Bonchev–Trinajstić information content (AvgIpc) is 2.56. The number of carbonyl (C=O) groups excluding carboxylic acids is 1. The maximum Gasteiger partial charge on any atom is 0.253 e. The number of hydrogen-bond donors (Lipinski definition) is 0. The van der Waals surface area contributed by atoms with E-state index in [1.165, 1.54) is 0 Å². The van der Waals surface area contributed by atoms with Gasteiger partial charge in [0.2, 0.25) is 0 Å². The largest absolute Gasteiger partial charge is 0.495 e. The molecule has 0 bridgehead atoms.